The van der Waals surface area contributed by atoms with Crippen molar-refractivity contribution in [2.24, 2.45) is 0 Å². The van der Waals surface area contributed by atoms with Crippen molar-refractivity contribution in [2.45, 2.75) is 12.3 Å². The van der Waals surface area contributed by atoms with Gasteiger partial charge in [-0.3, -0.25) is 14.0 Å². The molecule has 26 heavy (non-hydrogen) atoms. The summed E-state index contributed by atoms with van der Waals surface area (Å²) >= 11 is 2.89. The third-order valence-electron chi connectivity index (χ3n) is 3.75. The number of fused-ring (bicyclic) bond motifs is 1. The first-order valence-electron chi connectivity index (χ1n) is 8.13. The van der Waals surface area contributed by atoms with Gasteiger partial charge >= 0.3 is 0 Å². The average molecular weight is 386 g/mol. The molecule has 0 atom stereocenters. The number of thioether (sulfide) groups is 1. The quantitative estimate of drug-likeness (QED) is 0.559. The molecule has 0 aliphatic carbocycles. The number of thiazole rings is 1. The van der Waals surface area contributed by atoms with E-state index in [1.54, 1.807) is 17.2 Å². The van der Waals surface area contributed by atoms with E-state index in [4.69, 9.17) is 0 Å². The molecule has 0 radical (unpaired) electrons. The highest BCUT2D eigenvalue weighted by Gasteiger charge is 2.13. The van der Waals surface area contributed by atoms with E-state index in [0.29, 0.717) is 35.3 Å². The Hall–Kier alpha value is -2.38. The van der Waals surface area contributed by atoms with Gasteiger partial charge in [-0.15, -0.1) is 29.7 Å². The molecule has 0 aliphatic rings. The number of carbonyl (C=O) groups is 1. The first-order chi connectivity index (χ1) is 12.7. The fourth-order valence-electron chi connectivity index (χ4n) is 2.51. The van der Waals surface area contributed by atoms with Crippen LogP contribution in [0.5, 0.6) is 0 Å². The van der Waals surface area contributed by atoms with Gasteiger partial charge in [-0.25, -0.2) is 4.98 Å². The Morgan fingerprint density at radius 2 is 2.15 bits per heavy atom. The predicted octanol–water partition coefficient (Wildman–Crippen LogP) is 3.20. The lowest BCUT2D eigenvalue weighted by atomic mass is 10.2. The van der Waals surface area contributed by atoms with E-state index in [-0.39, 0.29) is 11.5 Å². The summed E-state index contributed by atoms with van der Waals surface area (Å²) in [6, 6.07) is 11.4. The van der Waals surface area contributed by atoms with Gasteiger partial charge in [-0.1, -0.05) is 36.4 Å². The van der Waals surface area contributed by atoms with E-state index in [1.807, 2.05) is 35.7 Å². The molecule has 0 N–H and O–H groups in total. The summed E-state index contributed by atoms with van der Waals surface area (Å²) in [5, 5.41) is 1.83. The third-order valence-corrected chi connectivity index (χ3v) is 5.46. The van der Waals surface area contributed by atoms with Gasteiger partial charge in [0, 0.05) is 36.5 Å². The van der Waals surface area contributed by atoms with Gasteiger partial charge in [-0.05, 0) is 5.56 Å². The van der Waals surface area contributed by atoms with Crippen molar-refractivity contribution in [1.29, 1.82) is 0 Å². The summed E-state index contributed by atoms with van der Waals surface area (Å²) in [4.78, 5) is 31.4. The molecule has 0 saturated carbocycles. The summed E-state index contributed by atoms with van der Waals surface area (Å²) < 4.78 is 1.52. The third kappa shape index (κ3) is 4.62. The number of benzene rings is 1. The van der Waals surface area contributed by atoms with Gasteiger partial charge in [0.15, 0.2) is 4.96 Å². The first-order valence-corrected chi connectivity index (χ1v) is 10.2. The first kappa shape index (κ1) is 18.4. The van der Waals surface area contributed by atoms with Crippen LogP contribution in [-0.2, 0) is 17.1 Å². The average Bonchev–Trinajstić information content (AvgIpc) is 3.11. The number of rotatable bonds is 8. The standard InChI is InChI=1S/C19H19N3O2S2/c1-2-8-21(12-15-6-4-3-5-7-15)18(24)14-25-13-16-11-17(23)22-9-10-26-19(22)20-16/h2-7,9-11H,1,8,12-14H2. The molecule has 0 aliphatic heterocycles. The fraction of sp³-hybridized carbons (Fsp3) is 0.211. The maximum atomic E-state index is 12.5. The van der Waals surface area contributed by atoms with Crippen LogP contribution in [0.1, 0.15) is 11.3 Å². The van der Waals surface area contributed by atoms with Crippen molar-refractivity contribution in [1.82, 2.24) is 14.3 Å². The van der Waals surface area contributed by atoms with Crippen LogP contribution in [0.4, 0.5) is 0 Å². The van der Waals surface area contributed by atoms with Crippen LogP contribution in [0.3, 0.4) is 0 Å². The largest absolute Gasteiger partial charge is 0.334 e. The molecule has 3 rings (SSSR count). The van der Waals surface area contributed by atoms with Crippen molar-refractivity contribution in [3.05, 3.63) is 82.2 Å². The number of hydrogen-bond donors (Lipinski definition) is 0. The van der Waals surface area contributed by atoms with Gasteiger partial charge in [0.2, 0.25) is 5.91 Å². The van der Waals surface area contributed by atoms with Crippen molar-refractivity contribution in [3.8, 4) is 0 Å². The predicted molar refractivity (Wildman–Crippen MR) is 108 cm³/mol. The minimum Gasteiger partial charge on any atom is -0.334 e. The van der Waals surface area contributed by atoms with Crippen LogP contribution in [0.25, 0.3) is 4.96 Å². The molecule has 134 valence electrons. The van der Waals surface area contributed by atoms with Crippen LogP contribution in [0.15, 0.2) is 65.4 Å². The molecular weight excluding hydrogens is 366 g/mol. The molecule has 7 heteroatoms. The summed E-state index contributed by atoms with van der Waals surface area (Å²) in [5.41, 5.74) is 1.70. The van der Waals surface area contributed by atoms with E-state index in [0.717, 1.165) is 5.56 Å². The van der Waals surface area contributed by atoms with E-state index >= 15 is 0 Å². The summed E-state index contributed by atoms with van der Waals surface area (Å²) in [6.07, 6.45) is 3.45. The SMILES string of the molecule is C=CCN(Cc1ccccc1)C(=O)CSCc1cc(=O)n2ccsc2n1. The second kappa shape index (κ2) is 8.82. The Bertz CT molecular complexity index is 950. The Labute approximate surface area is 160 Å². The van der Waals surface area contributed by atoms with Gasteiger partial charge in [0.1, 0.15) is 0 Å². The number of carbonyl (C=O) groups excluding carboxylic acids is 1. The molecule has 0 unspecified atom stereocenters. The highest BCUT2D eigenvalue weighted by Crippen LogP contribution is 2.14. The number of hydrogen-bond acceptors (Lipinski definition) is 5. The van der Waals surface area contributed by atoms with Crippen LogP contribution in [0, 0.1) is 0 Å². The van der Waals surface area contributed by atoms with Crippen molar-refractivity contribution >= 4 is 34.0 Å². The molecule has 3 aromatic rings. The molecule has 1 aromatic carbocycles. The van der Waals surface area contributed by atoms with Gasteiger partial charge in [-0.2, -0.15) is 0 Å². The summed E-state index contributed by atoms with van der Waals surface area (Å²) in [5.74, 6) is 0.919. The van der Waals surface area contributed by atoms with Gasteiger partial charge < -0.3 is 4.90 Å². The topological polar surface area (TPSA) is 54.7 Å². The molecule has 0 spiro atoms. The van der Waals surface area contributed by atoms with Crippen molar-refractivity contribution < 1.29 is 4.79 Å². The minimum absolute atomic E-state index is 0.0488. The van der Waals surface area contributed by atoms with Crippen LogP contribution < -0.4 is 5.56 Å². The van der Waals surface area contributed by atoms with Gasteiger partial charge in [0.25, 0.3) is 5.56 Å². The highest BCUT2D eigenvalue weighted by molar-refractivity contribution is 7.99. The van der Waals surface area contributed by atoms with Crippen molar-refractivity contribution in [2.75, 3.05) is 12.3 Å². The lowest BCUT2D eigenvalue weighted by Gasteiger charge is -2.21. The monoisotopic (exact) mass is 385 g/mol. The molecule has 2 aromatic heterocycles. The maximum absolute atomic E-state index is 12.5. The smallest absolute Gasteiger partial charge is 0.258 e. The highest BCUT2D eigenvalue weighted by atomic mass is 32.2. The Kier molecular flexibility index (Phi) is 6.25. The maximum Gasteiger partial charge on any atom is 0.258 e. The van der Waals surface area contributed by atoms with Crippen LogP contribution in [0.2, 0.25) is 0 Å². The molecule has 0 saturated heterocycles. The minimum atomic E-state index is -0.0875. The molecular formula is C19H19N3O2S2. The zero-order valence-corrected chi connectivity index (χ0v) is 15.8. The second-order valence-electron chi connectivity index (χ2n) is 5.68. The summed E-state index contributed by atoms with van der Waals surface area (Å²) in [7, 11) is 0. The molecule has 0 bridgehead atoms. The van der Waals surface area contributed by atoms with E-state index in [9.17, 15) is 9.59 Å². The van der Waals surface area contributed by atoms with Crippen LogP contribution in [-0.4, -0.2) is 32.5 Å². The number of nitrogens with zero attached hydrogens (tertiary/aromatic N) is 3. The molecule has 2 heterocycles. The Balaban J connectivity index is 1.58. The van der Waals surface area contributed by atoms with Gasteiger partial charge in [0.05, 0.1) is 11.4 Å². The van der Waals surface area contributed by atoms with E-state index in [1.165, 1.54) is 33.6 Å². The number of aromatic nitrogens is 2. The normalized spacial score (nSPS) is 10.8. The van der Waals surface area contributed by atoms with Crippen LogP contribution >= 0.6 is 23.1 Å². The van der Waals surface area contributed by atoms with E-state index in [2.05, 4.69) is 11.6 Å². The molecule has 1 amide bonds. The Morgan fingerprint density at radius 1 is 1.35 bits per heavy atom. The number of amides is 1. The lowest BCUT2D eigenvalue weighted by molar-refractivity contribution is -0.128. The Morgan fingerprint density at radius 3 is 2.92 bits per heavy atom. The van der Waals surface area contributed by atoms with Crippen molar-refractivity contribution in [3.63, 3.8) is 0 Å². The van der Waals surface area contributed by atoms with E-state index < -0.39 is 0 Å². The second-order valence-corrected chi connectivity index (χ2v) is 7.54. The zero-order valence-electron chi connectivity index (χ0n) is 14.2. The zero-order chi connectivity index (χ0) is 18.4. The fourth-order valence-corrected chi connectivity index (χ4v) is 4.07. The summed E-state index contributed by atoms with van der Waals surface area (Å²) in [6.45, 7) is 4.81. The lowest BCUT2D eigenvalue weighted by Crippen LogP contribution is -2.32. The molecule has 5 nitrogen and oxygen atoms in total. The molecule has 0 fully saturated rings.